The molecular formula is C22H27PSi. The van der Waals surface area contributed by atoms with E-state index in [2.05, 4.69) is 111 Å². The van der Waals surface area contributed by atoms with Gasteiger partial charge in [-0.15, -0.1) is 0 Å². The van der Waals surface area contributed by atoms with E-state index in [1.807, 2.05) is 0 Å². The molecule has 3 aromatic rings. The van der Waals surface area contributed by atoms with Crippen molar-refractivity contribution in [3.63, 3.8) is 0 Å². The van der Waals surface area contributed by atoms with Crippen LogP contribution in [0, 0.1) is 0 Å². The molecule has 3 aromatic carbocycles. The number of hydrogen-bond acceptors (Lipinski definition) is 0. The van der Waals surface area contributed by atoms with Gasteiger partial charge < -0.3 is 0 Å². The Bertz CT molecular complexity index is 665. The Morgan fingerprint density at radius 1 is 0.542 bits per heavy atom. The fourth-order valence-corrected chi connectivity index (χ4v) is 15.9. The Hall–Kier alpha value is -1.69. The van der Waals surface area contributed by atoms with E-state index in [4.69, 9.17) is 0 Å². The maximum absolute atomic E-state index is 2.50. The summed E-state index contributed by atoms with van der Waals surface area (Å²) in [5.41, 5.74) is 0. The predicted molar refractivity (Wildman–Crippen MR) is 115 cm³/mol. The van der Waals surface area contributed by atoms with Crippen LogP contribution in [0.1, 0.15) is 0 Å². The Kier molecular flexibility index (Phi) is 5.03. The van der Waals surface area contributed by atoms with Crippen molar-refractivity contribution in [3.8, 4) is 0 Å². The van der Waals surface area contributed by atoms with Crippen LogP contribution in [0.5, 0.6) is 0 Å². The standard InChI is InChI=1S/C22H27PSi/c1-24(2,3)19-23(20-13-7-4-8-14-20,21-15-9-5-10-16-21)22-17-11-6-12-18-22/h4-18,23H,19H2,1-3H3. The third-order valence-corrected chi connectivity index (χ3v) is 14.9. The summed E-state index contributed by atoms with van der Waals surface area (Å²) in [6.45, 7) is 7.51. The Labute approximate surface area is 147 Å². The molecule has 0 spiro atoms. The molecule has 0 aliphatic carbocycles. The summed E-state index contributed by atoms with van der Waals surface area (Å²) in [5, 5.41) is 4.60. The van der Waals surface area contributed by atoms with Gasteiger partial charge in [0.05, 0.1) is 0 Å². The molecule has 0 fully saturated rings. The number of hydrogen-bond donors (Lipinski definition) is 0. The van der Waals surface area contributed by atoms with Crippen molar-refractivity contribution in [3.05, 3.63) is 91.0 Å². The van der Waals surface area contributed by atoms with Gasteiger partial charge in [-0.3, -0.25) is 0 Å². The third kappa shape index (κ3) is 3.53. The summed E-state index contributed by atoms with van der Waals surface area (Å²) < 4.78 is 0. The third-order valence-electron chi connectivity index (χ3n) is 4.60. The van der Waals surface area contributed by atoms with Gasteiger partial charge in [-0.2, -0.15) is 0 Å². The molecule has 124 valence electrons. The molecule has 0 amide bonds. The molecule has 2 heteroatoms. The molecule has 0 aromatic heterocycles. The van der Waals surface area contributed by atoms with E-state index in [0.717, 1.165) is 0 Å². The van der Waals surface area contributed by atoms with Gasteiger partial charge in [0, 0.05) is 0 Å². The Balaban J connectivity index is 2.33. The van der Waals surface area contributed by atoms with Crippen molar-refractivity contribution < 1.29 is 0 Å². The first-order chi connectivity index (χ1) is 11.5. The van der Waals surface area contributed by atoms with Gasteiger partial charge >= 0.3 is 148 Å². The van der Waals surface area contributed by atoms with Gasteiger partial charge in [0.25, 0.3) is 0 Å². The van der Waals surface area contributed by atoms with Crippen LogP contribution in [0.2, 0.25) is 19.6 Å². The Morgan fingerprint density at radius 3 is 1.08 bits per heavy atom. The predicted octanol–water partition coefficient (Wildman–Crippen LogP) is 4.59. The average Bonchev–Trinajstić information content (AvgIpc) is 2.61. The van der Waals surface area contributed by atoms with E-state index in [9.17, 15) is 0 Å². The summed E-state index contributed by atoms with van der Waals surface area (Å²) in [7, 11) is -3.28. The number of rotatable bonds is 5. The molecule has 0 radical (unpaired) electrons. The molecule has 0 atom stereocenters. The van der Waals surface area contributed by atoms with Crippen LogP contribution in [-0.4, -0.2) is 13.9 Å². The maximum atomic E-state index is 2.50. The molecule has 0 saturated carbocycles. The second kappa shape index (κ2) is 7.05. The van der Waals surface area contributed by atoms with Gasteiger partial charge in [0.15, 0.2) is 0 Å². The van der Waals surface area contributed by atoms with Crippen molar-refractivity contribution in [2.24, 2.45) is 0 Å². The van der Waals surface area contributed by atoms with E-state index in [1.54, 1.807) is 0 Å². The number of benzene rings is 3. The van der Waals surface area contributed by atoms with E-state index in [-0.39, 0.29) is 0 Å². The zero-order valence-corrected chi connectivity index (χ0v) is 16.9. The van der Waals surface area contributed by atoms with Crippen molar-refractivity contribution in [1.29, 1.82) is 0 Å². The Morgan fingerprint density at radius 2 is 0.833 bits per heavy atom. The van der Waals surface area contributed by atoms with Gasteiger partial charge in [0.2, 0.25) is 0 Å². The molecule has 0 aliphatic heterocycles. The van der Waals surface area contributed by atoms with Crippen molar-refractivity contribution >= 4 is 31.2 Å². The van der Waals surface area contributed by atoms with Gasteiger partial charge in [-0.1, -0.05) is 0 Å². The van der Waals surface area contributed by atoms with Crippen molar-refractivity contribution in [2.75, 3.05) is 5.79 Å². The van der Waals surface area contributed by atoms with Crippen LogP contribution in [0.4, 0.5) is 0 Å². The van der Waals surface area contributed by atoms with Crippen LogP contribution < -0.4 is 15.9 Å². The molecule has 0 N–H and O–H groups in total. The van der Waals surface area contributed by atoms with Crippen molar-refractivity contribution in [2.45, 2.75) is 19.6 Å². The molecular weight excluding hydrogens is 323 g/mol. The monoisotopic (exact) mass is 350 g/mol. The van der Waals surface area contributed by atoms with Crippen LogP contribution in [0.15, 0.2) is 91.0 Å². The summed E-state index contributed by atoms with van der Waals surface area (Å²) in [6, 6.07) is 33.7. The molecule has 24 heavy (non-hydrogen) atoms. The normalized spacial score (nSPS) is 12.8. The second-order valence-electron chi connectivity index (χ2n) is 7.74. The quantitative estimate of drug-likeness (QED) is 0.466. The SMILES string of the molecule is C[Si](C)(C)C[PH](c1ccccc1)(c1ccccc1)c1ccccc1. The summed E-state index contributed by atoms with van der Waals surface area (Å²) in [5.74, 6) is 1.33. The van der Waals surface area contributed by atoms with E-state index in [1.165, 1.54) is 21.7 Å². The van der Waals surface area contributed by atoms with Crippen LogP contribution in [0.3, 0.4) is 0 Å². The van der Waals surface area contributed by atoms with E-state index >= 15 is 0 Å². The van der Waals surface area contributed by atoms with E-state index in [0.29, 0.717) is 0 Å². The molecule has 0 nitrogen and oxygen atoms in total. The second-order valence-corrected chi connectivity index (χ2v) is 17.8. The van der Waals surface area contributed by atoms with E-state index < -0.39 is 15.3 Å². The van der Waals surface area contributed by atoms with Gasteiger partial charge in [0.1, 0.15) is 0 Å². The molecule has 0 aliphatic rings. The summed E-state index contributed by atoms with van der Waals surface area (Å²) >= 11 is 0. The fourth-order valence-electron chi connectivity index (χ4n) is 3.77. The van der Waals surface area contributed by atoms with Crippen molar-refractivity contribution in [1.82, 2.24) is 0 Å². The first-order valence-electron chi connectivity index (χ1n) is 8.69. The van der Waals surface area contributed by atoms with Crippen LogP contribution in [0.25, 0.3) is 0 Å². The molecule has 0 saturated heterocycles. The first kappa shape index (κ1) is 17.1. The summed E-state index contributed by atoms with van der Waals surface area (Å²) in [6.07, 6.45) is 0. The minimum absolute atomic E-state index is 1.28. The zero-order chi connectivity index (χ0) is 17.0. The first-order valence-corrected chi connectivity index (χ1v) is 14.6. The molecule has 0 heterocycles. The summed E-state index contributed by atoms with van der Waals surface area (Å²) in [4.78, 5) is 0. The average molecular weight is 351 g/mol. The van der Waals surface area contributed by atoms with Gasteiger partial charge in [-0.05, 0) is 0 Å². The molecule has 3 rings (SSSR count). The van der Waals surface area contributed by atoms with Crippen LogP contribution >= 0.6 is 7.26 Å². The topological polar surface area (TPSA) is 0 Å². The zero-order valence-electron chi connectivity index (χ0n) is 14.9. The van der Waals surface area contributed by atoms with Crippen LogP contribution in [-0.2, 0) is 0 Å². The molecule has 0 unspecified atom stereocenters. The molecule has 0 bridgehead atoms. The minimum atomic E-state index is -2.00. The van der Waals surface area contributed by atoms with Gasteiger partial charge in [-0.25, -0.2) is 0 Å². The fraction of sp³-hybridized carbons (Fsp3) is 0.182.